The van der Waals surface area contributed by atoms with Gasteiger partial charge in [-0.15, -0.1) is 12.4 Å². The summed E-state index contributed by atoms with van der Waals surface area (Å²) in [4.78, 5) is 10.5. The second-order valence-electron chi connectivity index (χ2n) is 4.46. The van der Waals surface area contributed by atoms with Crippen LogP contribution >= 0.6 is 12.4 Å². The van der Waals surface area contributed by atoms with E-state index >= 15 is 0 Å². The van der Waals surface area contributed by atoms with E-state index in [0.717, 1.165) is 17.6 Å². The van der Waals surface area contributed by atoms with Crippen molar-refractivity contribution in [1.82, 2.24) is 0 Å². The number of carboxylic acids is 1. The molecule has 0 saturated carbocycles. The molecule has 0 aliphatic rings. The van der Waals surface area contributed by atoms with Gasteiger partial charge in [0.2, 0.25) is 0 Å². The predicted octanol–water partition coefficient (Wildman–Crippen LogP) is 3.79. The zero-order chi connectivity index (χ0) is 12.1. The summed E-state index contributed by atoms with van der Waals surface area (Å²) in [6.45, 7) is 6.18. The van der Waals surface area contributed by atoms with Crippen molar-refractivity contribution in [1.29, 1.82) is 0 Å². The maximum absolute atomic E-state index is 10.5. The second-order valence-corrected chi connectivity index (χ2v) is 4.46. The van der Waals surface area contributed by atoms with E-state index in [2.05, 4.69) is 26.0 Å². The molecule has 0 aromatic heterocycles. The van der Waals surface area contributed by atoms with Crippen LogP contribution in [0.15, 0.2) is 30.3 Å². The van der Waals surface area contributed by atoms with E-state index in [1.54, 1.807) is 0 Å². The highest BCUT2D eigenvalue weighted by atomic mass is 35.5. The Kier molecular flexibility index (Phi) is 6.59. The van der Waals surface area contributed by atoms with Gasteiger partial charge in [-0.25, -0.2) is 4.79 Å². The molecule has 0 radical (unpaired) electrons. The standard InChI is InChI=1S/C14H18O2.ClH/c1-10(2)8-12-4-6-13(7-5-12)11(3)9-14(15)16;/h4-7,9-10H,8H2,1-3H3,(H,15,16);1H. The molecule has 3 heteroatoms. The average molecular weight is 255 g/mol. The average Bonchev–Trinajstić information content (AvgIpc) is 2.16. The number of carbonyl (C=O) groups is 1. The van der Waals surface area contributed by atoms with Gasteiger partial charge in [0.1, 0.15) is 0 Å². The lowest BCUT2D eigenvalue weighted by atomic mass is 9.99. The Bertz CT molecular complexity index is 391. The molecule has 94 valence electrons. The number of carboxylic acid groups (broad SMARTS) is 1. The number of aliphatic carboxylic acids is 1. The van der Waals surface area contributed by atoms with Crippen molar-refractivity contribution >= 4 is 23.9 Å². The van der Waals surface area contributed by atoms with Crippen LogP contribution in [0.4, 0.5) is 0 Å². The van der Waals surface area contributed by atoms with Gasteiger partial charge in [0.05, 0.1) is 0 Å². The van der Waals surface area contributed by atoms with Gasteiger partial charge in [0, 0.05) is 6.08 Å². The molecule has 1 aromatic rings. The third-order valence-corrected chi connectivity index (χ3v) is 2.39. The Labute approximate surface area is 109 Å². The third-order valence-electron chi connectivity index (χ3n) is 2.39. The van der Waals surface area contributed by atoms with Crippen molar-refractivity contribution in [3.8, 4) is 0 Å². The van der Waals surface area contributed by atoms with E-state index in [0.29, 0.717) is 5.92 Å². The van der Waals surface area contributed by atoms with Crippen LogP contribution in [-0.4, -0.2) is 11.1 Å². The molecule has 0 atom stereocenters. The number of allylic oxidation sites excluding steroid dienone is 1. The Morgan fingerprint density at radius 3 is 2.24 bits per heavy atom. The van der Waals surface area contributed by atoms with Crippen molar-refractivity contribution in [3.05, 3.63) is 41.5 Å². The van der Waals surface area contributed by atoms with Gasteiger partial charge in [-0.1, -0.05) is 38.1 Å². The monoisotopic (exact) mass is 254 g/mol. The molecule has 0 aliphatic heterocycles. The summed E-state index contributed by atoms with van der Waals surface area (Å²) in [5.41, 5.74) is 3.04. The molecule has 0 aliphatic carbocycles. The van der Waals surface area contributed by atoms with Gasteiger partial charge >= 0.3 is 5.97 Å². The van der Waals surface area contributed by atoms with Crippen LogP contribution in [0.5, 0.6) is 0 Å². The number of benzene rings is 1. The fourth-order valence-electron chi connectivity index (χ4n) is 1.64. The van der Waals surface area contributed by atoms with E-state index in [9.17, 15) is 4.79 Å². The zero-order valence-corrected chi connectivity index (χ0v) is 11.3. The van der Waals surface area contributed by atoms with Gasteiger partial charge in [-0.2, -0.15) is 0 Å². The number of halogens is 1. The lowest BCUT2D eigenvalue weighted by molar-refractivity contribution is -0.131. The smallest absolute Gasteiger partial charge is 0.328 e. The summed E-state index contributed by atoms with van der Waals surface area (Å²) in [5, 5.41) is 8.64. The topological polar surface area (TPSA) is 37.3 Å². The van der Waals surface area contributed by atoms with E-state index in [1.807, 2.05) is 19.1 Å². The molecular formula is C14H19ClO2. The van der Waals surface area contributed by atoms with Gasteiger partial charge in [-0.3, -0.25) is 0 Å². The van der Waals surface area contributed by atoms with Gasteiger partial charge in [-0.05, 0) is 36.0 Å². The Hall–Kier alpha value is -1.28. The van der Waals surface area contributed by atoms with Gasteiger partial charge in [0.25, 0.3) is 0 Å². The highest BCUT2D eigenvalue weighted by molar-refractivity contribution is 5.89. The Balaban J connectivity index is 0.00000256. The minimum absolute atomic E-state index is 0. The van der Waals surface area contributed by atoms with Crippen LogP contribution < -0.4 is 0 Å². The molecule has 0 saturated heterocycles. The number of hydrogen-bond donors (Lipinski definition) is 1. The SMILES string of the molecule is CC(=CC(=O)O)c1ccc(CC(C)C)cc1.Cl. The first-order chi connectivity index (χ1) is 7.49. The van der Waals surface area contributed by atoms with Crippen LogP contribution in [-0.2, 0) is 11.2 Å². The minimum Gasteiger partial charge on any atom is -0.478 e. The molecule has 0 unspecified atom stereocenters. The highest BCUT2D eigenvalue weighted by Crippen LogP contribution is 2.16. The maximum Gasteiger partial charge on any atom is 0.328 e. The van der Waals surface area contributed by atoms with E-state index in [-0.39, 0.29) is 12.4 Å². The zero-order valence-electron chi connectivity index (χ0n) is 10.4. The normalized spacial score (nSPS) is 11.2. The van der Waals surface area contributed by atoms with Crippen molar-refractivity contribution in [2.45, 2.75) is 27.2 Å². The first-order valence-corrected chi connectivity index (χ1v) is 5.49. The number of hydrogen-bond acceptors (Lipinski definition) is 1. The number of rotatable bonds is 4. The van der Waals surface area contributed by atoms with Crippen molar-refractivity contribution in [3.63, 3.8) is 0 Å². The van der Waals surface area contributed by atoms with Crippen LogP contribution in [0.2, 0.25) is 0 Å². The third kappa shape index (κ3) is 5.55. The summed E-state index contributed by atoms with van der Waals surface area (Å²) in [7, 11) is 0. The molecule has 1 aromatic carbocycles. The summed E-state index contributed by atoms with van der Waals surface area (Å²) in [6, 6.07) is 8.09. The largest absolute Gasteiger partial charge is 0.478 e. The van der Waals surface area contributed by atoms with E-state index in [4.69, 9.17) is 5.11 Å². The molecule has 0 spiro atoms. The highest BCUT2D eigenvalue weighted by Gasteiger charge is 2.00. The van der Waals surface area contributed by atoms with Crippen molar-refractivity contribution in [2.24, 2.45) is 5.92 Å². The van der Waals surface area contributed by atoms with Crippen molar-refractivity contribution in [2.75, 3.05) is 0 Å². The summed E-state index contributed by atoms with van der Waals surface area (Å²) in [5.74, 6) is -0.259. The molecular weight excluding hydrogens is 236 g/mol. The maximum atomic E-state index is 10.5. The first-order valence-electron chi connectivity index (χ1n) is 5.49. The summed E-state index contributed by atoms with van der Waals surface area (Å²) >= 11 is 0. The van der Waals surface area contributed by atoms with Crippen LogP contribution in [0.3, 0.4) is 0 Å². The van der Waals surface area contributed by atoms with E-state index in [1.165, 1.54) is 11.6 Å². The van der Waals surface area contributed by atoms with Gasteiger partial charge < -0.3 is 5.11 Å². The lowest BCUT2D eigenvalue weighted by Gasteiger charge is -2.06. The predicted molar refractivity (Wildman–Crippen MR) is 73.5 cm³/mol. The molecule has 0 heterocycles. The summed E-state index contributed by atoms with van der Waals surface area (Å²) < 4.78 is 0. The fourth-order valence-corrected chi connectivity index (χ4v) is 1.64. The van der Waals surface area contributed by atoms with Crippen LogP contribution in [0, 0.1) is 5.92 Å². The molecule has 1 rings (SSSR count). The Morgan fingerprint density at radius 1 is 1.29 bits per heavy atom. The van der Waals surface area contributed by atoms with Gasteiger partial charge in [0.15, 0.2) is 0 Å². The fraction of sp³-hybridized carbons (Fsp3) is 0.357. The quantitative estimate of drug-likeness (QED) is 0.830. The Morgan fingerprint density at radius 2 is 1.82 bits per heavy atom. The molecule has 2 nitrogen and oxygen atoms in total. The first kappa shape index (κ1) is 15.7. The molecule has 17 heavy (non-hydrogen) atoms. The second kappa shape index (κ2) is 7.13. The lowest BCUT2D eigenvalue weighted by Crippen LogP contribution is -1.94. The van der Waals surface area contributed by atoms with Crippen molar-refractivity contribution < 1.29 is 9.90 Å². The van der Waals surface area contributed by atoms with Crippen LogP contribution in [0.25, 0.3) is 5.57 Å². The summed E-state index contributed by atoms with van der Waals surface area (Å²) in [6.07, 6.45) is 2.29. The minimum atomic E-state index is -0.899. The molecule has 0 amide bonds. The van der Waals surface area contributed by atoms with E-state index < -0.39 is 5.97 Å². The van der Waals surface area contributed by atoms with Crippen LogP contribution in [0.1, 0.15) is 31.9 Å². The molecule has 0 bridgehead atoms. The molecule has 1 N–H and O–H groups in total. The molecule has 0 fully saturated rings.